The Kier molecular flexibility index (Phi) is 4.21. The van der Waals surface area contributed by atoms with E-state index in [1.165, 1.54) is 32.1 Å². The van der Waals surface area contributed by atoms with Crippen LogP contribution in [0.2, 0.25) is 0 Å². The number of hydrogen-bond acceptors (Lipinski definition) is 3. The second kappa shape index (κ2) is 5.78. The summed E-state index contributed by atoms with van der Waals surface area (Å²) in [4.78, 5) is 1.60. The zero-order chi connectivity index (χ0) is 14.2. The van der Waals surface area contributed by atoms with Crippen molar-refractivity contribution in [2.45, 2.75) is 71.1 Å². The molecular formula is C17H27NOS. The van der Waals surface area contributed by atoms with Crippen LogP contribution < -0.4 is 5.32 Å². The first-order valence-corrected chi connectivity index (χ1v) is 9.01. The van der Waals surface area contributed by atoms with Crippen LogP contribution in [-0.2, 0) is 11.2 Å². The second-order valence-electron chi connectivity index (χ2n) is 6.50. The molecule has 20 heavy (non-hydrogen) atoms. The average molecular weight is 293 g/mol. The predicted molar refractivity (Wildman–Crippen MR) is 85.4 cm³/mol. The van der Waals surface area contributed by atoms with E-state index < -0.39 is 0 Å². The number of thiophene rings is 1. The molecule has 1 aromatic rings. The molecule has 3 heteroatoms. The first kappa shape index (κ1) is 14.6. The van der Waals surface area contributed by atoms with E-state index in [0.29, 0.717) is 23.6 Å². The molecule has 1 aromatic heterocycles. The van der Waals surface area contributed by atoms with Gasteiger partial charge in [0, 0.05) is 29.0 Å². The van der Waals surface area contributed by atoms with Crippen LogP contribution in [0.25, 0.3) is 0 Å². The van der Waals surface area contributed by atoms with E-state index in [9.17, 15) is 0 Å². The van der Waals surface area contributed by atoms with Crippen LogP contribution in [0.15, 0.2) is 11.4 Å². The minimum absolute atomic E-state index is 0.309. The van der Waals surface area contributed by atoms with Gasteiger partial charge in [0.25, 0.3) is 0 Å². The topological polar surface area (TPSA) is 21.3 Å². The number of hydrogen-bond donors (Lipinski definition) is 1. The maximum atomic E-state index is 5.92. The van der Waals surface area contributed by atoms with Crippen molar-refractivity contribution in [1.29, 1.82) is 0 Å². The molecule has 4 atom stereocenters. The monoisotopic (exact) mass is 293 g/mol. The van der Waals surface area contributed by atoms with Crippen LogP contribution in [0.1, 0.15) is 62.9 Å². The van der Waals surface area contributed by atoms with Crippen molar-refractivity contribution in [3.63, 3.8) is 0 Å². The lowest BCUT2D eigenvalue weighted by molar-refractivity contribution is -0.128. The summed E-state index contributed by atoms with van der Waals surface area (Å²) in [5, 5.41) is 6.21. The van der Waals surface area contributed by atoms with Gasteiger partial charge in [-0.1, -0.05) is 13.8 Å². The Morgan fingerprint density at radius 2 is 2.30 bits per heavy atom. The summed E-state index contributed by atoms with van der Waals surface area (Å²) in [5.41, 5.74) is 1.88. The molecule has 0 aromatic carbocycles. The van der Waals surface area contributed by atoms with Crippen LogP contribution >= 0.6 is 11.3 Å². The highest BCUT2D eigenvalue weighted by Crippen LogP contribution is 2.47. The molecule has 3 rings (SSSR count). The smallest absolute Gasteiger partial charge is 0.0658 e. The molecule has 0 radical (unpaired) electrons. The van der Waals surface area contributed by atoms with E-state index in [2.05, 4.69) is 37.5 Å². The van der Waals surface area contributed by atoms with Crippen molar-refractivity contribution in [1.82, 2.24) is 5.32 Å². The molecule has 2 nitrogen and oxygen atoms in total. The molecule has 1 fully saturated rings. The summed E-state index contributed by atoms with van der Waals surface area (Å²) >= 11 is 1.93. The number of rotatable bonds is 5. The van der Waals surface area contributed by atoms with Gasteiger partial charge in [-0.15, -0.1) is 11.3 Å². The minimum Gasteiger partial charge on any atom is -0.378 e. The van der Waals surface area contributed by atoms with Gasteiger partial charge in [0.05, 0.1) is 6.10 Å². The molecule has 112 valence electrons. The van der Waals surface area contributed by atoms with Crippen molar-refractivity contribution in [2.75, 3.05) is 6.61 Å². The van der Waals surface area contributed by atoms with E-state index in [4.69, 9.17) is 4.74 Å². The lowest BCUT2D eigenvalue weighted by Crippen LogP contribution is -2.62. The summed E-state index contributed by atoms with van der Waals surface area (Å²) in [6.07, 6.45) is 6.71. The Hall–Kier alpha value is -0.380. The Morgan fingerprint density at radius 3 is 3.05 bits per heavy atom. The summed E-state index contributed by atoms with van der Waals surface area (Å²) in [6, 6.07) is 3.52. The third kappa shape index (κ3) is 2.34. The normalized spacial score (nSPS) is 36.5. The fraction of sp³-hybridized carbons (Fsp3) is 0.765. The summed E-state index contributed by atoms with van der Waals surface area (Å²) in [5.74, 6) is 0. The fourth-order valence-corrected chi connectivity index (χ4v) is 4.90. The molecule has 2 aliphatic carbocycles. The number of aryl methyl sites for hydroxylation is 1. The largest absolute Gasteiger partial charge is 0.378 e. The van der Waals surface area contributed by atoms with Gasteiger partial charge in [-0.2, -0.15) is 0 Å². The molecule has 1 heterocycles. The van der Waals surface area contributed by atoms with Gasteiger partial charge in [-0.3, -0.25) is 0 Å². The standard InChI is InChI=1S/C17H27NOS/c1-4-17(3)15(11-16(17)19-5-2)18-13-7-6-8-14-12(13)9-10-20-14/h9-10,13,15-16,18H,4-8,11H2,1-3H3. The first-order valence-electron chi connectivity index (χ1n) is 8.13. The van der Waals surface area contributed by atoms with E-state index in [-0.39, 0.29) is 0 Å². The van der Waals surface area contributed by atoms with Crippen molar-refractivity contribution in [2.24, 2.45) is 5.41 Å². The maximum absolute atomic E-state index is 5.92. The van der Waals surface area contributed by atoms with E-state index >= 15 is 0 Å². The third-order valence-corrected chi connectivity index (χ3v) is 6.56. The van der Waals surface area contributed by atoms with E-state index in [1.807, 2.05) is 11.3 Å². The van der Waals surface area contributed by atoms with Crippen LogP contribution in [-0.4, -0.2) is 18.8 Å². The predicted octanol–water partition coefficient (Wildman–Crippen LogP) is 4.31. The Balaban J connectivity index is 1.68. The van der Waals surface area contributed by atoms with Gasteiger partial charge >= 0.3 is 0 Å². The van der Waals surface area contributed by atoms with E-state index in [0.717, 1.165) is 6.61 Å². The molecule has 1 saturated carbocycles. The van der Waals surface area contributed by atoms with Crippen molar-refractivity contribution in [3.05, 3.63) is 21.9 Å². The van der Waals surface area contributed by atoms with Gasteiger partial charge in [0.15, 0.2) is 0 Å². The van der Waals surface area contributed by atoms with Gasteiger partial charge < -0.3 is 10.1 Å². The molecule has 0 spiro atoms. The molecule has 0 amide bonds. The SMILES string of the molecule is CCOC1CC(NC2CCCc3sccc32)C1(C)CC. The first-order chi connectivity index (χ1) is 9.69. The number of nitrogens with one attached hydrogen (secondary N) is 1. The van der Waals surface area contributed by atoms with Gasteiger partial charge in [0.2, 0.25) is 0 Å². The summed E-state index contributed by atoms with van der Waals surface area (Å²) < 4.78 is 5.92. The van der Waals surface area contributed by atoms with Crippen molar-refractivity contribution in [3.8, 4) is 0 Å². The highest BCUT2D eigenvalue weighted by Gasteiger charge is 2.51. The molecule has 0 bridgehead atoms. The highest BCUT2D eigenvalue weighted by molar-refractivity contribution is 7.10. The Morgan fingerprint density at radius 1 is 1.45 bits per heavy atom. The molecule has 1 N–H and O–H groups in total. The number of fused-ring (bicyclic) bond motifs is 1. The van der Waals surface area contributed by atoms with Crippen LogP contribution in [0.3, 0.4) is 0 Å². The second-order valence-corrected chi connectivity index (χ2v) is 7.50. The third-order valence-electron chi connectivity index (χ3n) is 5.57. The molecule has 4 unspecified atom stereocenters. The lowest BCUT2D eigenvalue weighted by Gasteiger charge is -2.55. The number of ether oxygens (including phenoxy) is 1. The van der Waals surface area contributed by atoms with Crippen LogP contribution in [0.5, 0.6) is 0 Å². The van der Waals surface area contributed by atoms with Crippen molar-refractivity contribution >= 4 is 11.3 Å². The van der Waals surface area contributed by atoms with Gasteiger partial charge in [-0.05, 0) is 56.0 Å². The molecule has 0 aliphatic heterocycles. The fourth-order valence-electron chi connectivity index (χ4n) is 3.91. The summed E-state index contributed by atoms with van der Waals surface area (Å²) in [7, 11) is 0. The zero-order valence-corrected chi connectivity index (χ0v) is 13.8. The van der Waals surface area contributed by atoms with Crippen LogP contribution in [0.4, 0.5) is 0 Å². The minimum atomic E-state index is 0.309. The quantitative estimate of drug-likeness (QED) is 0.873. The van der Waals surface area contributed by atoms with E-state index in [1.54, 1.807) is 10.4 Å². The summed E-state index contributed by atoms with van der Waals surface area (Å²) in [6.45, 7) is 7.64. The Bertz CT molecular complexity index is 458. The lowest BCUT2D eigenvalue weighted by atomic mass is 9.61. The molecule has 0 saturated heterocycles. The average Bonchev–Trinajstić information content (AvgIpc) is 2.94. The molecule has 2 aliphatic rings. The highest BCUT2D eigenvalue weighted by atomic mass is 32.1. The Labute approximate surface area is 126 Å². The van der Waals surface area contributed by atoms with Crippen molar-refractivity contribution < 1.29 is 4.74 Å². The van der Waals surface area contributed by atoms with Crippen LogP contribution in [0, 0.1) is 5.41 Å². The van der Waals surface area contributed by atoms with Gasteiger partial charge in [-0.25, -0.2) is 0 Å². The van der Waals surface area contributed by atoms with Gasteiger partial charge in [0.1, 0.15) is 0 Å². The maximum Gasteiger partial charge on any atom is 0.0658 e. The zero-order valence-electron chi connectivity index (χ0n) is 12.9. The molecular weight excluding hydrogens is 266 g/mol.